The van der Waals surface area contributed by atoms with Gasteiger partial charge in [-0.05, 0) is 25.8 Å². The Bertz CT molecular complexity index is 354. The van der Waals surface area contributed by atoms with E-state index in [2.05, 4.69) is 17.4 Å². The second-order valence-electron chi connectivity index (χ2n) is 4.53. The van der Waals surface area contributed by atoms with Crippen molar-refractivity contribution >= 4 is 17.7 Å². The van der Waals surface area contributed by atoms with Gasteiger partial charge < -0.3 is 10.4 Å². The van der Waals surface area contributed by atoms with Crippen LogP contribution in [-0.2, 0) is 10.5 Å². The van der Waals surface area contributed by atoms with Gasteiger partial charge in [0.15, 0.2) is 0 Å². The van der Waals surface area contributed by atoms with Crippen LogP contribution < -0.4 is 5.32 Å². The maximum absolute atomic E-state index is 11.6. The third-order valence-electron chi connectivity index (χ3n) is 2.45. The number of nitrogens with one attached hydrogen (secondary N) is 1. The second-order valence-corrected chi connectivity index (χ2v) is 5.52. The smallest absolute Gasteiger partial charge is 0.230 e. The highest BCUT2D eigenvalue weighted by atomic mass is 32.2. The predicted octanol–water partition coefficient (Wildman–Crippen LogP) is 2.20. The molecule has 100 valence electrons. The molecule has 0 aromatic heterocycles. The predicted molar refractivity (Wildman–Crippen MR) is 76.5 cm³/mol. The van der Waals surface area contributed by atoms with Crippen molar-refractivity contribution in [1.82, 2.24) is 5.32 Å². The monoisotopic (exact) mass is 267 g/mol. The number of aliphatic hydroxyl groups excluding tert-OH is 1. The number of carbonyl (C=O) groups excluding carboxylic acids is 1. The third-order valence-corrected chi connectivity index (χ3v) is 3.45. The van der Waals surface area contributed by atoms with Gasteiger partial charge >= 0.3 is 0 Å². The van der Waals surface area contributed by atoms with Crippen LogP contribution in [0, 0.1) is 0 Å². The Morgan fingerprint density at radius 1 is 1.33 bits per heavy atom. The van der Waals surface area contributed by atoms with Gasteiger partial charge in [-0.3, -0.25) is 4.79 Å². The first-order chi connectivity index (χ1) is 8.58. The number of aliphatic hydroxyl groups is 1. The van der Waals surface area contributed by atoms with E-state index in [0.717, 1.165) is 5.75 Å². The minimum Gasteiger partial charge on any atom is -0.393 e. The van der Waals surface area contributed by atoms with E-state index in [4.69, 9.17) is 0 Å². The first-order valence-electron chi connectivity index (χ1n) is 6.17. The van der Waals surface area contributed by atoms with E-state index in [1.165, 1.54) is 5.56 Å². The van der Waals surface area contributed by atoms with E-state index in [-0.39, 0.29) is 18.1 Å². The molecule has 0 heterocycles. The average Bonchev–Trinajstić information content (AvgIpc) is 2.29. The number of amides is 1. The zero-order valence-corrected chi connectivity index (χ0v) is 11.7. The molecule has 0 saturated heterocycles. The molecule has 0 saturated carbocycles. The molecule has 2 N–H and O–H groups in total. The summed E-state index contributed by atoms with van der Waals surface area (Å²) in [5, 5.41) is 12.1. The summed E-state index contributed by atoms with van der Waals surface area (Å²) in [4.78, 5) is 11.6. The number of carbonyl (C=O) groups is 1. The number of rotatable bonds is 7. The van der Waals surface area contributed by atoms with Gasteiger partial charge in [-0.2, -0.15) is 0 Å². The number of benzene rings is 1. The lowest BCUT2D eigenvalue weighted by Gasteiger charge is -2.15. The van der Waals surface area contributed by atoms with Crippen molar-refractivity contribution in [2.75, 3.05) is 5.75 Å². The highest BCUT2D eigenvalue weighted by molar-refractivity contribution is 7.99. The molecular weight excluding hydrogens is 246 g/mol. The van der Waals surface area contributed by atoms with Gasteiger partial charge in [0, 0.05) is 11.8 Å². The van der Waals surface area contributed by atoms with Crippen molar-refractivity contribution in [2.45, 2.75) is 38.2 Å². The summed E-state index contributed by atoms with van der Waals surface area (Å²) in [6.07, 6.45) is 0.215. The summed E-state index contributed by atoms with van der Waals surface area (Å²) in [5.74, 6) is 1.34. The van der Waals surface area contributed by atoms with Crippen molar-refractivity contribution in [2.24, 2.45) is 0 Å². The Kier molecular flexibility index (Phi) is 6.83. The molecule has 0 fully saturated rings. The Balaban J connectivity index is 2.17. The third kappa shape index (κ3) is 6.67. The number of hydrogen-bond acceptors (Lipinski definition) is 3. The summed E-state index contributed by atoms with van der Waals surface area (Å²) in [5.41, 5.74) is 1.23. The first-order valence-corrected chi connectivity index (χ1v) is 7.32. The van der Waals surface area contributed by atoms with Crippen molar-refractivity contribution < 1.29 is 9.90 Å². The van der Waals surface area contributed by atoms with E-state index in [9.17, 15) is 9.90 Å². The van der Waals surface area contributed by atoms with Crippen LogP contribution in [0.15, 0.2) is 30.3 Å². The van der Waals surface area contributed by atoms with Gasteiger partial charge in [-0.1, -0.05) is 30.3 Å². The highest BCUT2D eigenvalue weighted by Crippen LogP contribution is 2.11. The molecule has 2 atom stereocenters. The van der Waals surface area contributed by atoms with Crippen LogP contribution in [-0.4, -0.2) is 28.9 Å². The Labute approximate surface area is 113 Å². The SMILES string of the molecule is CC(O)CC(C)NC(=O)CSCc1ccccc1. The summed E-state index contributed by atoms with van der Waals surface area (Å²) in [7, 11) is 0. The molecule has 0 aliphatic carbocycles. The van der Waals surface area contributed by atoms with Gasteiger partial charge in [0.1, 0.15) is 0 Å². The maximum Gasteiger partial charge on any atom is 0.230 e. The van der Waals surface area contributed by atoms with E-state index < -0.39 is 0 Å². The lowest BCUT2D eigenvalue weighted by Crippen LogP contribution is -2.35. The van der Waals surface area contributed by atoms with Crippen molar-refractivity contribution in [1.29, 1.82) is 0 Å². The maximum atomic E-state index is 11.6. The Morgan fingerprint density at radius 2 is 2.00 bits per heavy atom. The molecule has 0 bridgehead atoms. The molecule has 0 spiro atoms. The van der Waals surface area contributed by atoms with E-state index in [1.807, 2.05) is 25.1 Å². The number of hydrogen-bond donors (Lipinski definition) is 2. The molecule has 1 aromatic carbocycles. The van der Waals surface area contributed by atoms with Crippen molar-refractivity contribution in [3.63, 3.8) is 0 Å². The molecular formula is C14H21NO2S. The van der Waals surface area contributed by atoms with Gasteiger partial charge in [-0.15, -0.1) is 11.8 Å². The van der Waals surface area contributed by atoms with Gasteiger partial charge in [0.25, 0.3) is 0 Å². The van der Waals surface area contributed by atoms with Crippen LogP contribution in [0.2, 0.25) is 0 Å². The van der Waals surface area contributed by atoms with Gasteiger partial charge in [0.05, 0.1) is 11.9 Å². The Morgan fingerprint density at radius 3 is 2.61 bits per heavy atom. The van der Waals surface area contributed by atoms with E-state index in [1.54, 1.807) is 18.7 Å². The van der Waals surface area contributed by atoms with E-state index in [0.29, 0.717) is 12.2 Å². The minimum absolute atomic E-state index is 0.0230. The van der Waals surface area contributed by atoms with Crippen LogP contribution in [0.3, 0.4) is 0 Å². The van der Waals surface area contributed by atoms with Crippen LogP contribution in [0.25, 0.3) is 0 Å². The molecule has 0 radical (unpaired) electrons. The summed E-state index contributed by atoms with van der Waals surface area (Å²) in [6, 6.07) is 10.1. The standard InChI is InChI=1S/C14H21NO2S/c1-11(8-12(2)16)15-14(17)10-18-9-13-6-4-3-5-7-13/h3-7,11-12,16H,8-10H2,1-2H3,(H,15,17). The topological polar surface area (TPSA) is 49.3 Å². The summed E-state index contributed by atoms with van der Waals surface area (Å²) >= 11 is 1.60. The number of thioether (sulfide) groups is 1. The molecule has 1 rings (SSSR count). The minimum atomic E-state index is -0.378. The zero-order chi connectivity index (χ0) is 13.4. The fourth-order valence-corrected chi connectivity index (χ4v) is 2.52. The largest absolute Gasteiger partial charge is 0.393 e. The lowest BCUT2D eigenvalue weighted by atomic mass is 10.1. The molecule has 1 amide bonds. The van der Waals surface area contributed by atoms with Crippen LogP contribution in [0.4, 0.5) is 0 Å². The first kappa shape index (κ1) is 15.1. The average molecular weight is 267 g/mol. The van der Waals surface area contributed by atoms with Crippen molar-refractivity contribution in [3.05, 3.63) is 35.9 Å². The Hall–Kier alpha value is -1.00. The van der Waals surface area contributed by atoms with E-state index >= 15 is 0 Å². The van der Waals surface area contributed by atoms with Crippen LogP contribution in [0.5, 0.6) is 0 Å². The van der Waals surface area contributed by atoms with Crippen molar-refractivity contribution in [3.8, 4) is 0 Å². The molecule has 18 heavy (non-hydrogen) atoms. The molecule has 2 unspecified atom stereocenters. The fraction of sp³-hybridized carbons (Fsp3) is 0.500. The normalized spacial score (nSPS) is 13.9. The summed E-state index contributed by atoms with van der Waals surface area (Å²) < 4.78 is 0. The quantitative estimate of drug-likeness (QED) is 0.796. The lowest BCUT2D eigenvalue weighted by molar-refractivity contribution is -0.119. The van der Waals surface area contributed by atoms with Gasteiger partial charge in [0.2, 0.25) is 5.91 Å². The summed E-state index contributed by atoms with van der Waals surface area (Å²) in [6.45, 7) is 3.64. The molecule has 0 aliphatic heterocycles. The molecule has 3 nitrogen and oxygen atoms in total. The zero-order valence-electron chi connectivity index (χ0n) is 10.9. The molecule has 1 aromatic rings. The molecule has 0 aliphatic rings. The molecule has 4 heteroatoms. The fourth-order valence-electron chi connectivity index (χ4n) is 1.72. The highest BCUT2D eigenvalue weighted by Gasteiger charge is 2.09. The second kappa shape index (κ2) is 8.16. The van der Waals surface area contributed by atoms with Crippen LogP contribution in [0.1, 0.15) is 25.8 Å². The van der Waals surface area contributed by atoms with Gasteiger partial charge in [-0.25, -0.2) is 0 Å². The van der Waals surface area contributed by atoms with Crippen LogP contribution >= 0.6 is 11.8 Å².